The summed E-state index contributed by atoms with van der Waals surface area (Å²) >= 11 is 12.3. The first-order valence-electron chi connectivity index (χ1n) is 13.4. The van der Waals surface area contributed by atoms with E-state index in [-0.39, 0.29) is 40.3 Å². The van der Waals surface area contributed by atoms with Gasteiger partial charge < -0.3 is 19.5 Å². The first kappa shape index (κ1) is 31.9. The Bertz CT molecular complexity index is 1520. The number of ether oxygens (including phenoxy) is 2. The van der Waals surface area contributed by atoms with Crippen molar-refractivity contribution in [1.29, 1.82) is 0 Å². The molecule has 0 aromatic heterocycles. The Kier molecular flexibility index (Phi) is 10.3. The minimum Gasteiger partial charge on any atom is -0.497 e. The van der Waals surface area contributed by atoms with Crippen molar-refractivity contribution in [3.63, 3.8) is 0 Å². The lowest BCUT2D eigenvalue weighted by Crippen LogP contribution is -2.49. The molecule has 0 spiro atoms. The maximum Gasteiger partial charge on any atom is 0.262 e. The molecule has 3 atom stereocenters. The van der Waals surface area contributed by atoms with Crippen LogP contribution in [-0.4, -0.2) is 75.2 Å². The Morgan fingerprint density at radius 1 is 1.14 bits per heavy atom. The molecule has 9 nitrogen and oxygen atoms in total. The van der Waals surface area contributed by atoms with E-state index in [1.54, 1.807) is 48.2 Å². The molecule has 1 aliphatic rings. The smallest absolute Gasteiger partial charge is 0.262 e. The third kappa shape index (κ3) is 7.30. The van der Waals surface area contributed by atoms with Gasteiger partial charge in [-0.1, -0.05) is 42.3 Å². The highest BCUT2D eigenvalue weighted by atomic mass is 35.5. The van der Waals surface area contributed by atoms with E-state index >= 15 is 0 Å². The monoisotopic (exact) mass is 635 g/mol. The molecule has 3 aromatic rings. The van der Waals surface area contributed by atoms with Crippen LogP contribution in [-0.2, 0) is 16.6 Å². The van der Waals surface area contributed by atoms with Crippen LogP contribution in [0.2, 0.25) is 10.0 Å². The van der Waals surface area contributed by atoms with Crippen LogP contribution >= 0.6 is 23.2 Å². The molecule has 0 radical (unpaired) electrons. The van der Waals surface area contributed by atoms with Gasteiger partial charge in [0.1, 0.15) is 11.9 Å². The van der Waals surface area contributed by atoms with Crippen LogP contribution in [0.4, 0.5) is 5.69 Å². The number of halogens is 2. The van der Waals surface area contributed by atoms with Crippen molar-refractivity contribution in [2.45, 2.75) is 37.4 Å². The Hall–Kier alpha value is -3.02. The van der Waals surface area contributed by atoms with Crippen molar-refractivity contribution in [2.75, 3.05) is 38.6 Å². The van der Waals surface area contributed by atoms with Gasteiger partial charge in [-0.05, 0) is 68.1 Å². The Balaban J connectivity index is 1.69. The van der Waals surface area contributed by atoms with Gasteiger partial charge in [-0.2, -0.15) is 0 Å². The Morgan fingerprint density at radius 2 is 1.86 bits per heavy atom. The lowest BCUT2D eigenvalue weighted by atomic mass is 9.99. The van der Waals surface area contributed by atoms with Gasteiger partial charge in [-0.25, -0.2) is 8.42 Å². The number of hydrogen-bond donors (Lipinski definition) is 2. The number of aliphatic hydroxyl groups is 1. The number of nitrogens with zero attached hydrogens (tertiary/aromatic N) is 2. The molecule has 3 aromatic carbocycles. The number of carbonyl (C=O) groups excluding carboxylic acids is 1. The fraction of sp³-hybridized carbons (Fsp3) is 0.367. The van der Waals surface area contributed by atoms with Gasteiger partial charge in [0.2, 0.25) is 0 Å². The maximum absolute atomic E-state index is 13.7. The number of nitrogens with one attached hydrogen (secondary N) is 1. The summed E-state index contributed by atoms with van der Waals surface area (Å²) in [6.45, 7) is 4.87. The van der Waals surface area contributed by atoms with Crippen LogP contribution in [0.5, 0.6) is 11.5 Å². The second-order valence-corrected chi connectivity index (χ2v) is 13.0. The van der Waals surface area contributed by atoms with Crippen molar-refractivity contribution < 1.29 is 27.8 Å². The molecule has 12 heteroatoms. The lowest BCUT2D eigenvalue weighted by molar-refractivity contribution is 0.0344. The molecule has 0 saturated carbocycles. The summed E-state index contributed by atoms with van der Waals surface area (Å²) in [7, 11) is -0.593. The number of sulfonamides is 1. The number of likely N-dealkylation sites (N-methyl/N-ethyl adjacent to an activating group) is 1. The van der Waals surface area contributed by atoms with Crippen LogP contribution in [0.15, 0.2) is 65.6 Å². The zero-order valence-electron chi connectivity index (χ0n) is 23.9. The molecule has 2 N–H and O–H groups in total. The van der Waals surface area contributed by atoms with Gasteiger partial charge in [0.05, 0.1) is 46.0 Å². The van der Waals surface area contributed by atoms with Gasteiger partial charge in [-0.3, -0.25) is 14.4 Å². The average molecular weight is 637 g/mol. The van der Waals surface area contributed by atoms with Gasteiger partial charge in [0, 0.05) is 25.6 Å². The zero-order chi connectivity index (χ0) is 30.6. The summed E-state index contributed by atoms with van der Waals surface area (Å²) in [6.07, 6.45) is -0.440. The molecule has 0 unspecified atom stereocenters. The first-order chi connectivity index (χ1) is 19.9. The summed E-state index contributed by atoms with van der Waals surface area (Å²) < 4.78 is 41.0. The molecular formula is C30H35Cl2N3O6S. The van der Waals surface area contributed by atoms with Gasteiger partial charge in [-0.15, -0.1) is 0 Å². The van der Waals surface area contributed by atoms with E-state index in [0.29, 0.717) is 35.4 Å². The number of anilines is 1. The lowest BCUT2D eigenvalue weighted by Gasteiger charge is -2.38. The van der Waals surface area contributed by atoms with Crippen molar-refractivity contribution in [3.8, 4) is 11.5 Å². The van der Waals surface area contributed by atoms with Crippen LogP contribution < -0.4 is 14.2 Å². The van der Waals surface area contributed by atoms with Gasteiger partial charge in [0.25, 0.3) is 15.9 Å². The molecule has 1 amide bonds. The van der Waals surface area contributed by atoms with Crippen molar-refractivity contribution in [1.82, 2.24) is 9.80 Å². The molecule has 226 valence electrons. The van der Waals surface area contributed by atoms with Crippen LogP contribution in [0, 0.1) is 5.92 Å². The highest BCUT2D eigenvalue weighted by Crippen LogP contribution is 2.36. The topological polar surface area (TPSA) is 108 Å². The summed E-state index contributed by atoms with van der Waals surface area (Å²) in [5.74, 6) is 0.131. The van der Waals surface area contributed by atoms with Crippen LogP contribution in [0.3, 0.4) is 0 Å². The third-order valence-corrected chi connectivity index (χ3v) is 9.35. The van der Waals surface area contributed by atoms with Crippen molar-refractivity contribution in [2.24, 2.45) is 5.92 Å². The number of carbonyl (C=O) groups is 1. The second kappa shape index (κ2) is 13.5. The molecule has 0 aliphatic carbocycles. The van der Waals surface area contributed by atoms with E-state index in [9.17, 15) is 18.3 Å². The molecule has 0 saturated heterocycles. The third-order valence-electron chi connectivity index (χ3n) is 7.23. The van der Waals surface area contributed by atoms with Crippen molar-refractivity contribution >= 4 is 44.8 Å². The summed E-state index contributed by atoms with van der Waals surface area (Å²) in [5, 5.41) is 10.9. The normalized spacial score (nSPS) is 18.1. The van der Waals surface area contributed by atoms with E-state index < -0.39 is 22.2 Å². The van der Waals surface area contributed by atoms with E-state index in [4.69, 9.17) is 32.7 Å². The molecule has 0 bridgehead atoms. The number of amides is 1. The highest BCUT2D eigenvalue weighted by Gasteiger charge is 2.35. The SMILES string of the molecule is COc1ccc(S(=O)(=O)Nc2cccc3c2O[C@@H](CN(C)Cc2ccc(Cl)c(Cl)c2)[C@@H](C)CN([C@H](C)CO)C3=O)cc1. The summed E-state index contributed by atoms with van der Waals surface area (Å²) in [4.78, 5) is 17.4. The number of para-hydroxylation sites is 1. The predicted octanol–water partition coefficient (Wildman–Crippen LogP) is 5.15. The minimum atomic E-state index is -4.03. The maximum atomic E-state index is 13.7. The molecule has 4 rings (SSSR count). The van der Waals surface area contributed by atoms with Crippen LogP contribution in [0.25, 0.3) is 0 Å². The number of benzene rings is 3. The second-order valence-electron chi connectivity index (χ2n) is 10.5. The average Bonchev–Trinajstić information content (AvgIpc) is 2.96. The zero-order valence-corrected chi connectivity index (χ0v) is 26.2. The molecule has 1 heterocycles. The highest BCUT2D eigenvalue weighted by molar-refractivity contribution is 7.92. The van der Waals surface area contributed by atoms with Crippen LogP contribution in [0.1, 0.15) is 29.8 Å². The molecule has 1 aliphatic heterocycles. The minimum absolute atomic E-state index is 0.0277. The standard InChI is InChI=1S/C30H35Cl2N3O6S/c1-19-15-35(20(2)18-36)30(37)24-6-5-7-27(33-42(38,39)23-11-9-22(40-4)10-12-23)29(24)41-28(19)17-34(3)16-21-8-13-25(31)26(32)14-21/h5-14,19-20,28,33,36H,15-18H2,1-4H3/t19-,20+,28-/m0/s1. The number of hydrogen-bond acceptors (Lipinski definition) is 7. The van der Waals surface area contributed by atoms with Gasteiger partial charge in [0.15, 0.2) is 5.75 Å². The van der Waals surface area contributed by atoms with Gasteiger partial charge >= 0.3 is 0 Å². The van der Waals surface area contributed by atoms with E-state index in [1.165, 1.54) is 19.2 Å². The molecule has 42 heavy (non-hydrogen) atoms. The fourth-order valence-electron chi connectivity index (χ4n) is 4.82. The van der Waals surface area contributed by atoms with E-state index in [0.717, 1.165) is 5.56 Å². The van der Waals surface area contributed by atoms with E-state index in [2.05, 4.69) is 9.62 Å². The van der Waals surface area contributed by atoms with E-state index in [1.807, 2.05) is 26.1 Å². The largest absolute Gasteiger partial charge is 0.497 e. The molecule has 0 fully saturated rings. The summed E-state index contributed by atoms with van der Waals surface area (Å²) in [5.41, 5.74) is 1.30. The number of fused-ring (bicyclic) bond motifs is 1. The predicted molar refractivity (Wildman–Crippen MR) is 164 cm³/mol. The number of rotatable bonds is 10. The Morgan fingerprint density at radius 3 is 2.50 bits per heavy atom. The molecular weight excluding hydrogens is 601 g/mol. The fourth-order valence-corrected chi connectivity index (χ4v) is 6.20. The van der Waals surface area contributed by atoms with Crippen molar-refractivity contribution in [3.05, 3.63) is 81.8 Å². The quantitative estimate of drug-likeness (QED) is 0.317. The number of methoxy groups -OCH3 is 1. The first-order valence-corrected chi connectivity index (χ1v) is 15.7. The number of aliphatic hydroxyl groups excluding tert-OH is 1. The summed E-state index contributed by atoms with van der Waals surface area (Å²) in [6, 6.07) is 15.8. The Labute approximate surface area is 257 Å².